The predicted octanol–water partition coefficient (Wildman–Crippen LogP) is 2.50. The summed E-state index contributed by atoms with van der Waals surface area (Å²) in [7, 11) is 0. The van der Waals surface area contributed by atoms with Crippen LogP contribution >= 0.6 is 27.5 Å². The SMILES string of the molecule is O=C(O)c1cn(CCNc2cccc(Cl)c2Br)nn1. The average Bonchev–Trinajstić information content (AvgIpc) is 2.83. The molecule has 0 spiro atoms. The third-order valence-corrected chi connectivity index (χ3v) is 3.76. The molecule has 0 aliphatic rings. The van der Waals surface area contributed by atoms with Crippen LogP contribution in [0.15, 0.2) is 28.9 Å². The van der Waals surface area contributed by atoms with Gasteiger partial charge in [0, 0.05) is 6.54 Å². The fourth-order valence-electron chi connectivity index (χ4n) is 1.45. The molecule has 0 amide bonds. The summed E-state index contributed by atoms with van der Waals surface area (Å²) < 4.78 is 2.26. The van der Waals surface area contributed by atoms with Gasteiger partial charge in [0.2, 0.25) is 0 Å². The Bertz CT molecular complexity index is 602. The number of hydrogen-bond donors (Lipinski definition) is 2. The van der Waals surface area contributed by atoms with E-state index in [1.165, 1.54) is 10.9 Å². The molecule has 1 aromatic heterocycles. The molecule has 19 heavy (non-hydrogen) atoms. The molecule has 2 aromatic rings. The number of benzene rings is 1. The predicted molar refractivity (Wildman–Crippen MR) is 74.6 cm³/mol. The molecule has 0 saturated carbocycles. The summed E-state index contributed by atoms with van der Waals surface area (Å²) >= 11 is 9.35. The van der Waals surface area contributed by atoms with Crippen LogP contribution in [0.5, 0.6) is 0 Å². The molecule has 0 bridgehead atoms. The van der Waals surface area contributed by atoms with E-state index in [1.807, 2.05) is 12.1 Å². The molecule has 1 aromatic carbocycles. The summed E-state index contributed by atoms with van der Waals surface area (Å²) in [5.74, 6) is -1.09. The lowest BCUT2D eigenvalue weighted by molar-refractivity contribution is 0.0690. The molecule has 100 valence electrons. The van der Waals surface area contributed by atoms with Crippen LogP contribution in [0.2, 0.25) is 5.02 Å². The Morgan fingerprint density at radius 1 is 1.53 bits per heavy atom. The van der Waals surface area contributed by atoms with Crippen LogP contribution in [-0.2, 0) is 6.54 Å². The van der Waals surface area contributed by atoms with Gasteiger partial charge in [-0.25, -0.2) is 9.48 Å². The van der Waals surface area contributed by atoms with Crippen molar-refractivity contribution in [2.24, 2.45) is 0 Å². The van der Waals surface area contributed by atoms with Crippen molar-refractivity contribution in [2.75, 3.05) is 11.9 Å². The fraction of sp³-hybridized carbons (Fsp3) is 0.182. The highest BCUT2D eigenvalue weighted by Gasteiger charge is 2.08. The summed E-state index contributed by atoms with van der Waals surface area (Å²) in [6.07, 6.45) is 1.39. The van der Waals surface area contributed by atoms with Crippen molar-refractivity contribution < 1.29 is 9.90 Å². The molecule has 2 rings (SSSR count). The van der Waals surface area contributed by atoms with Crippen LogP contribution in [-0.4, -0.2) is 32.6 Å². The van der Waals surface area contributed by atoms with E-state index in [0.29, 0.717) is 18.1 Å². The molecule has 0 fully saturated rings. The van der Waals surface area contributed by atoms with Crippen LogP contribution in [0.1, 0.15) is 10.5 Å². The Morgan fingerprint density at radius 3 is 3.00 bits per heavy atom. The second-order valence-electron chi connectivity index (χ2n) is 3.70. The number of aromatic nitrogens is 3. The van der Waals surface area contributed by atoms with E-state index >= 15 is 0 Å². The number of aromatic carboxylic acids is 1. The number of nitrogens with zero attached hydrogens (tertiary/aromatic N) is 3. The van der Waals surface area contributed by atoms with Gasteiger partial charge in [-0.3, -0.25) is 0 Å². The Morgan fingerprint density at radius 2 is 2.32 bits per heavy atom. The fourth-order valence-corrected chi connectivity index (χ4v) is 2.03. The molecule has 0 radical (unpaired) electrons. The number of carbonyl (C=O) groups is 1. The van der Waals surface area contributed by atoms with E-state index in [1.54, 1.807) is 6.07 Å². The maximum Gasteiger partial charge on any atom is 0.358 e. The van der Waals surface area contributed by atoms with Gasteiger partial charge < -0.3 is 10.4 Å². The summed E-state index contributed by atoms with van der Waals surface area (Å²) in [5, 5.41) is 19.8. The van der Waals surface area contributed by atoms with Crippen LogP contribution in [0, 0.1) is 0 Å². The number of anilines is 1. The highest BCUT2D eigenvalue weighted by molar-refractivity contribution is 9.10. The van der Waals surface area contributed by atoms with Gasteiger partial charge in [-0.1, -0.05) is 22.9 Å². The standard InChI is InChI=1S/C11H10BrClN4O2/c12-10-7(13)2-1-3-8(10)14-4-5-17-6-9(11(18)19)15-16-17/h1-3,6,14H,4-5H2,(H,18,19). The van der Waals surface area contributed by atoms with Gasteiger partial charge in [-0.15, -0.1) is 5.10 Å². The number of rotatable bonds is 5. The molecule has 0 atom stereocenters. The van der Waals surface area contributed by atoms with Crippen LogP contribution in [0.4, 0.5) is 5.69 Å². The van der Waals surface area contributed by atoms with Crippen molar-refractivity contribution in [3.05, 3.63) is 39.6 Å². The van der Waals surface area contributed by atoms with Crippen molar-refractivity contribution in [2.45, 2.75) is 6.54 Å². The maximum atomic E-state index is 10.6. The van der Waals surface area contributed by atoms with Gasteiger partial charge in [0.05, 0.1) is 27.9 Å². The van der Waals surface area contributed by atoms with Crippen LogP contribution in [0.25, 0.3) is 0 Å². The van der Waals surface area contributed by atoms with E-state index in [9.17, 15) is 4.79 Å². The van der Waals surface area contributed by atoms with Crippen molar-refractivity contribution >= 4 is 39.2 Å². The minimum Gasteiger partial charge on any atom is -0.476 e. The Hall–Kier alpha value is -1.60. The summed E-state index contributed by atoms with van der Waals surface area (Å²) in [6.45, 7) is 1.07. The van der Waals surface area contributed by atoms with Gasteiger partial charge in [0.25, 0.3) is 0 Å². The Kier molecular flexibility index (Phi) is 4.39. The number of carboxylic acids is 1. The first-order valence-electron chi connectivity index (χ1n) is 5.39. The van der Waals surface area contributed by atoms with E-state index in [2.05, 4.69) is 31.6 Å². The van der Waals surface area contributed by atoms with E-state index in [-0.39, 0.29) is 5.69 Å². The van der Waals surface area contributed by atoms with Gasteiger partial charge in [0.15, 0.2) is 5.69 Å². The highest BCUT2D eigenvalue weighted by atomic mass is 79.9. The van der Waals surface area contributed by atoms with Crippen LogP contribution < -0.4 is 5.32 Å². The molecular formula is C11H10BrClN4O2. The van der Waals surface area contributed by atoms with E-state index in [4.69, 9.17) is 16.7 Å². The molecule has 2 N–H and O–H groups in total. The molecule has 0 aliphatic carbocycles. The monoisotopic (exact) mass is 344 g/mol. The molecule has 0 aliphatic heterocycles. The van der Waals surface area contributed by atoms with Crippen molar-refractivity contribution in [3.63, 3.8) is 0 Å². The lowest BCUT2D eigenvalue weighted by Gasteiger charge is -2.09. The Balaban J connectivity index is 1.92. The van der Waals surface area contributed by atoms with Gasteiger partial charge >= 0.3 is 5.97 Å². The third kappa shape index (κ3) is 3.45. The number of nitrogens with one attached hydrogen (secondary N) is 1. The second kappa shape index (κ2) is 6.03. The van der Waals surface area contributed by atoms with Crippen molar-refractivity contribution in [1.82, 2.24) is 15.0 Å². The molecule has 0 unspecified atom stereocenters. The van der Waals surface area contributed by atoms with Crippen molar-refractivity contribution in [3.8, 4) is 0 Å². The van der Waals surface area contributed by atoms with E-state index < -0.39 is 5.97 Å². The second-order valence-corrected chi connectivity index (χ2v) is 4.90. The molecule has 6 nitrogen and oxygen atoms in total. The van der Waals surface area contributed by atoms with Crippen molar-refractivity contribution in [1.29, 1.82) is 0 Å². The first-order chi connectivity index (χ1) is 9.08. The lowest BCUT2D eigenvalue weighted by Crippen LogP contribution is -2.11. The Labute approximate surface area is 122 Å². The molecule has 0 saturated heterocycles. The minimum absolute atomic E-state index is 0.0658. The van der Waals surface area contributed by atoms with E-state index in [0.717, 1.165) is 10.2 Å². The summed E-state index contributed by atoms with van der Waals surface area (Å²) in [6, 6.07) is 5.51. The quantitative estimate of drug-likeness (QED) is 0.870. The smallest absolute Gasteiger partial charge is 0.358 e. The third-order valence-electron chi connectivity index (χ3n) is 2.37. The molecule has 1 heterocycles. The highest BCUT2D eigenvalue weighted by Crippen LogP contribution is 2.29. The van der Waals surface area contributed by atoms with Crippen LogP contribution in [0.3, 0.4) is 0 Å². The normalized spacial score (nSPS) is 10.4. The van der Waals surface area contributed by atoms with Gasteiger partial charge in [0.1, 0.15) is 0 Å². The number of halogens is 2. The summed E-state index contributed by atoms with van der Waals surface area (Å²) in [5.41, 5.74) is 0.801. The number of hydrogen-bond acceptors (Lipinski definition) is 4. The zero-order chi connectivity index (χ0) is 13.8. The maximum absolute atomic E-state index is 10.6. The lowest BCUT2D eigenvalue weighted by atomic mass is 10.3. The van der Waals surface area contributed by atoms with Gasteiger partial charge in [-0.2, -0.15) is 0 Å². The largest absolute Gasteiger partial charge is 0.476 e. The molecule has 8 heteroatoms. The summed E-state index contributed by atoms with van der Waals surface area (Å²) in [4.78, 5) is 10.6. The first kappa shape index (κ1) is 13.8. The topological polar surface area (TPSA) is 80.0 Å². The zero-order valence-electron chi connectivity index (χ0n) is 9.68. The minimum atomic E-state index is -1.09. The zero-order valence-corrected chi connectivity index (χ0v) is 12.0. The number of carboxylic acid groups (broad SMARTS) is 1. The molecular weight excluding hydrogens is 336 g/mol. The van der Waals surface area contributed by atoms with Gasteiger partial charge in [-0.05, 0) is 28.1 Å². The first-order valence-corrected chi connectivity index (χ1v) is 6.56. The average molecular weight is 346 g/mol.